The Kier molecular flexibility index (Phi) is 22.5. The monoisotopic (exact) mass is 540 g/mol. The highest BCUT2D eigenvalue weighted by Gasteiger charge is 2.27. The van der Waals surface area contributed by atoms with Crippen LogP contribution >= 0.6 is 7.82 Å². The van der Waals surface area contributed by atoms with Crippen molar-refractivity contribution in [1.29, 1.82) is 0 Å². The first kappa shape index (κ1) is 35.0. The Morgan fingerprint density at radius 1 is 0.750 bits per heavy atom. The van der Waals surface area contributed by atoms with E-state index in [4.69, 9.17) is 19.1 Å². The minimum atomic E-state index is -4.57. The first-order chi connectivity index (χ1) is 17.2. The molecule has 0 heterocycles. The summed E-state index contributed by atoms with van der Waals surface area (Å²) in [6.45, 7) is 1.72. The van der Waals surface area contributed by atoms with E-state index in [1.54, 1.807) is 6.92 Å². The highest BCUT2D eigenvalue weighted by Crippen LogP contribution is 2.43. The lowest BCUT2D eigenvalue weighted by Crippen LogP contribution is -2.29. The van der Waals surface area contributed by atoms with E-state index in [1.165, 1.54) is 57.8 Å². The first-order valence-electron chi connectivity index (χ1n) is 13.5. The summed E-state index contributed by atoms with van der Waals surface area (Å²) in [5, 5.41) is 18.0. The second-order valence-electron chi connectivity index (χ2n) is 9.04. The van der Waals surface area contributed by atoms with Crippen LogP contribution in [0.3, 0.4) is 0 Å². The van der Waals surface area contributed by atoms with Crippen molar-refractivity contribution in [3.63, 3.8) is 0 Å². The Balaban J connectivity index is 4.13. The molecule has 0 fully saturated rings. The van der Waals surface area contributed by atoms with Crippen molar-refractivity contribution in [2.45, 2.75) is 122 Å². The molecule has 0 aromatic rings. The average molecular weight is 541 g/mol. The van der Waals surface area contributed by atoms with Gasteiger partial charge in [0.2, 0.25) is 0 Å². The summed E-state index contributed by atoms with van der Waals surface area (Å²) in [5.74, 6) is -1.02. The van der Waals surface area contributed by atoms with E-state index < -0.39 is 51.8 Å². The normalized spacial score (nSPS) is 14.7. The number of aliphatic hydroxyl groups excluding tert-OH is 2. The lowest BCUT2D eigenvalue weighted by atomic mass is 10.0. The van der Waals surface area contributed by atoms with Crippen LogP contribution in [0.1, 0.15) is 110 Å². The van der Waals surface area contributed by atoms with Crippen molar-refractivity contribution in [2.75, 3.05) is 26.4 Å². The van der Waals surface area contributed by atoms with Crippen LogP contribution in [0.15, 0.2) is 0 Å². The lowest BCUT2D eigenvalue weighted by Gasteiger charge is -2.20. The van der Waals surface area contributed by atoms with Gasteiger partial charge in [-0.25, -0.2) is 4.57 Å². The van der Waals surface area contributed by atoms with Gasteiger partial charge in [0.1, 0.15) is 12.7 Å². The summed E-state index contributed by atoms with van der Waals surface area (Å²) in [6, 6.07) is 0. The van der Waals surface area contributed by atoms with Crippen LogP contribution < -0.4 is 0 Å². The maximum atomic E-state index is 12.2. The van der Waals surface area contributed by atoms with Gasteiger partial charge in [-0.15, -0.1) is 0 Å². The zero-order chi connectivity index (χ0) is 27.1. The molecule has 0 aliphatic heterocycles. The Hall–Kier alpha value is -1.03. The summed E-state index contributed by atoms with van der Waals surface area (Å²) >= 11 is 0. The van der Waals surface area contributed by atoms with Crippen LogP contribution in [0.25, 0.3) is 0 Å². The van der Waals surface area contributed by atoms with Crippen molar-refractivity contribution < 1.29 is 47.8 Å². The van der Waals surface area contributed by atoms with Gasteiger partial charge in [-0.3, -0.25) is 18.6 Å². The second-order valence-corrected chi connectivity index (χ2v) is 10.5. The van der Waals surface area contributed by atoms with Crippen LogP contribution in [-0.2, 0) is 32.7 Å². The Morgan fingerprint density at radius 2 is 1.25 bits per heavy atom. The summed E-state index contributed by atoms with van der Waals surface area (Å²) in [6.07, 6.45) is 13.4. The molecule has 3 atom stereocenters. The molecule has 214 valence electrons. The molecule has 0 spiro atoms. The highest BCUT2D eigenvalue weighted by molar-refractivity contribution is 7.47. The van der Waals surface area contributed by atoms with Gasteiger partial charge in [-0.2, -0.15) is 0 Å². The molecule has 0 saturated heterocycles. The number of esters is 2. The summed E-state index contributed by atoms with van der Waals surface area (Å²) in [4.78, 5) is 33.3. The largest absolute Gasteiger partial charge is 0.472 e. The first-order valence-corrected chi connectivity index (χ1v) is 15.0. The predicted molar refractivity (Wildman–Crippen MR) is 136 cm³/mol. The maximum Gasteiger partial charge on any atom is 0.472 e. The third kappa shape index (κ3) is 22.2. The molecule has 0 bridgehead atoms. The van der Waals surface area contributed by atoms with E-state index in [-0.39, 0.29) is 19.4 Å². The van der Waals surface area contributed by atoms with Crippen LogP contribution in [0.4, 0.5) is 0 Å². The molecule has 0 radical (unpaired) electrons. The van der Waals surface area contributed by atoms with Crippen LogP contribution in [0.2, 0.25) is 0 Å². The molecule has 0 aromatic heterocycles. The number of carbonyl (C=O) groups is 2. The molecule has 3 N–H and O–H groups in total. The number of ether oxygens (including phenoxy) is 2. The van der Waals surface area contributed by atoms with Crippen molar-refractivity contribution in [1.82, 2.24) is 0 Å². The van der Waals surface area contributed by atoms with Gasteiger partial charge in [-0.1, -0.05) is 90.9 Å². The third-order valence-electron chi connectivity index (χ3n) is 5.57. The van der Waals surface area contributed by atoms with Gasteiger partial charge in [0.25, 0.3) is 0 Å². The van der Waals surface area contributed by atoms with Gasteiger partial charge in [0.15, 0.2) is 6.10 Å². The van der Waals surface area contributed by atoms with E-state index in [1.807, 2.05) is 0 Å². The smallest absolute Gasteiger partial charge is 0.462 e. The average Bonchev–Trinajstić information content (AvgIpc) is 2.86. The van der Waals surface area contributed by atoms with Gasteiger partial charge in [-0.05, 0) is 6.42 Å². The number of carbonyl (C=O) groups excluding carboxylic acids is 2. The molecule has 0 saturated carbocycles. The summed E-state index contributed by atoms with van der Waals surface area (Å²) in [5.41, 5.74) is 0. The molecule has 0 amide bonds. The van der Waals surface area contributed by atoms with Crippen molar-refractivity contribution in [3.8, 4) is 0 Å². The highest BCUT2D eigenvalue weighted by atomic mass is 31.2. The third-order valence-corrected chi connectivity index (χ3v) is 6.52. The maximum absolute atomic E-state index is 12.2. The van der Waals surface area contributed by atoms with Crippen molar-refractivity contribution in [3.05, 3.63) is 0 Å². The van der Waals surface area contributed by atoms with E-state index in [0.29, 0.717) is 6.42 Å². The summed E-state index contributed by atoms with van der Waals surface area (Å²) < 4.78 is 31.5. The zero-order valence-corrected chi connectivity index (χ0v) is 23.1. The molecule has 11 heteroatoms. The Morgan fingerprint density at radius 3 is 1.75 bits per heavy atom. The quantitative estimate of drug-likeness (QED) is 0.0836. The van der Waals surface area contributed by atoms with Gasteiger partial charge in [0.05, 0.1) is 19.8 Å². The van der Waals surface area contributed by atoms with Crippen molar-refractivity contribution in [2.24, 2.45) is 0 Å². The lowest BCUT2D eigenvalue weighted by molar-refractivity contribution is -0.161. The number of rotatable bonds is 25. The number of unbranched alkanes of at least 4 members (excludes halogenated alkanes) is 12. The van der Waals surface area contributed by atoms with E-state index in [0.717, 1.165) is 19.3 Å². The second kappa shape index (κ2) is 23.1. The zero-order valence-electron chi connectivity index (χ0n) is 22.2. The molecular weight excluding hydrogens is 491 g/mol. The number of hydrogen-bond donors (Lipinski definition) is 3. The van der Waals surface area contributed by atoms with Gasteiger partial charge >= 0.3 is 19.8 Å². The van der Waals surface area contributed by atoms with E-state index in [2.05, 4.69) is 11.4 Å². The van der Waals surface area contributed by atoms with Crippen LogP contribution in [-0.4, -0.2) is 65.7 Å². The Bertz CT molecular complexity index is 601. The van der Waals surface area contributed by atoms with Gasteiger partial charge < -0.3 is 24.6 Å². The van der Waals surface area contributed by atoms with E-state index in [9.17, 15) is 24.2 Å². The molecule has 0 aromatic carbocycles. The number of aliphatic hydroxyl groups is 2. The van der Waals surface area contributed by atoms with Crippen LogP contribution in [0.5, 0.6) is 0 Å². The predicted octanol–water partition coefficient (Wildman–Crippen LogP) is 4.82. The summed E-state index contributed by atoms with van der Waals surface area (Å²) in [7, 11) is -4.57. The van der Waals surface area contributed by atoms with Crippen molar-refractivity contribution >= 4 is 19.8 Å². The number of hydrogen-bond acceptors (Lipinski definition) is 9. The minimum Gasteiger partial charge on any atom is -0.462 e. The number of phosphoric acid groups is 1. The standard InChI is InChI=1S/C25H49O10P/c1-3-5-6-7-8-9-10-11-12-13-14-15-16-17-25(29)35-23(20-32-24(28)4-2)21-34-36(30,31)33-19-22(27)18-26/h22-23,26-27H,3-21H2,1-2H3,(H,30,31). The molecule has 36 heavy (non-hydrogen) atoms. The Labute approximate surface area is 216 Å². The fourth-order valence-corrected chi connectivity index (χ4v) is 4.17. The number of phosphoric ester groups is 1. The molecule has 0 rings (SSSR count). The van der Waals surface area contributed by atoms with Gasteiger partial charge in [0, 0.05) is 12.8 Å². The molecule has 0 aliphatic carbocycles. The fourth-order valence-electron chi connectivity index (χ4n) is 3.38. The van der Waals surface area contributed by atoms with E-state index >= 15 is 0 Å². The molecule has 0 aliphatic rings. The molecular formula is C25H49O10P. The fraction of sp³-hybridized carbons (Fsp3) is 0.920. The molecule has 10 nitrogen and oxygen atoms in total. The van der Waals surface area contributed by atoms with Crippen LogP contribution in [0, 0.1) is 0 Å². The minimum absolute atomic E-state index is 0.126. The molecule has 3 unspecified atom stereocenters. The topological polar surface area (TPSA) is 149 Å². The SMILES string of the molecule is CCCCCCCCCCCCCCCC(=O)OC(COC(=O)CC)COP(=O)(O)OCC(O)CO.